The third-order valence-electron chi connectivity index (χ3n) is 6.06. The maximum atomic E-state index is 12.6. The Labute approximate surface area is 163 Å². The molecule has 3 nitrogen and oxygen atoms in total. The van der Waals surface area contributed by atoms with E-state index in [9.17, 15) is 4.79 Å². The van der Waals surface area contributed by atoms with Crippen LogP contribution < -0.4 is 4.74 Å². The van der Waals surface area contributed by atoms with Gasteiger partial charge in [-0.1, -0.05) is 60.3 Å². The van der Waals surface area contributed by atoms with Crippen LogP contribution in [0.2, 0.25) is 0 Å². The predicted octanol–water partition coefficient (Wildman–Crippen LogP) is 6.84. The average molecular weight is 371 g/mol. The van der Waals surface area contributed by atoms with E-state index in [1.807, 2.05) is 0 Å². The van der Waals surface area contributed by atoms with Gasteiger partial charge in [0.1, 0.15) is 11.3 Å². The summed E-state index contributed by atoms with van der Waals surface area (Å²) in [6, 6.07) is 4.29. The molecule has 1 heterocycles. The molecule has 0 fully saturated rings. The van der Waals surface area contributed by atoms with Gasteiger partial charge in [0.15, 0.2) is 11.5 Å². The molecule has 0 saturated carbocycles. The topological polar surface area (TPSA) is 39.4 Å². The van der Waals surface area contributed by atoms with Crippen molar-refractivity contribution in [1.82, 2.24) is 0 Å². The zero-order valence-corrected chi connectivity index (χ0v) is 17.8. The zero-order valence-electron chi connectivity index (χ0n) is 17.8. The van der Waals surface area contributed by atoms with Crippen LogP contribution in [0.1, 0.15) is 94.8 Å². The Morgan fingerprint density at radius 1 is 1.15 bits per heavy atom. The lowest BCUT2D eigenvalue weighted by atomic mass is 9.75. The molecular formula is C24H34O3. The molecule has 148 valence electrons. The standard InChI is InChI=1S/C24H34O3/c1-7-8-9-10-11-24(4,5)16-12-19(26-6)21-17-14-23(2,3)15-18(25)22(17)27-20(21)13-16/h12-13H,7-11,14-15H2,1-6H3. The molecule has 0 atom stereocenters. The van der Waals surface area contributed by atoms with Gasteiger partial charge in [0.25, 0.3) is 0 Å². The lowest BCUT2D eigenvalue weighted by molar-refractivity contribution is 0.0883. The van der Waals surface area contributed by atoms with Crippen molar-refractivity contribution in [2.75, 3.05) is 7.11 Å². The van der Waals surface area contributed by atoms with Gasteiger partial charge in [-0.3, -0.25) is 4.79 Å². The van der Waals surface area contributed by atoms with Crippen molar-refractivity contribution in [3.63, 3.8) is 0 Å². The summed E-state index contributed by atoms with van der Waals surface area (Å²) in [6.45, 7) is 11.1. The molecule has 0 saturated heterocycles. The average Bonchev–Trinajstić information content (AvgIpc) is 2.96. The number of Topliss-reactive ketones (excluding diaryl/α,β-unsaturated/α-hetero) is 1. The Bertz CT molecular complexity index is 839. The fraction of sp³-hybridized carbons (Fsp3) is 0.625. The van der Waals surface area contributed by atoms with E-state index < -0.39 is 0 Å². The largest absolute Gasteiger partial charge is 0.496 e. The summed E-state index contributed by atoms with van der Waals surface area (Å²) in [5.41, 5.74) is 3.05. The van der Waals surface area contributed by atoms with E-state index in [4.69, 9.17) is 9.15 Å². The molecule has 0 unspecified atom stereocenters. The van der Waals surface area contributed by atoms with E-state index in [-0.39, 0.29) is 16.6 Å². The Kier molecular flexibility index (Phi) is 5.42. The third-order valence-corrected chi connectivity index (χ3v) is 6.06. The van der Waals surface area contributed by atoms with Crippen LogP contribution in [0, 0.1) is 5.41 Å². The first-order valence-corrected chi connectivity index (χ1v) is 10.4. The number of rotatable bonds is 7. The van der Waals surface area contributed by atoms with Gasteiger partial charge < -0.3 is 9.15 Å². The summed E-state index contributed by atoms with van der Waals surface area (Å²) in [6.07, 6.45) is 7.56. The second-order valence-corrected chi connectivity index (χ2v) is 9.60. The molecule has 27 heavy (non-hydrogen) atoms. The van der Waals surface area contributed by atoms with Gasteiger partial charge >= 0.3 is 0 Å². The molecule has 0 aliphatic heterocycles. The summed E-state index contributed by atoms with van der Waals surface area (Å²) >= 11 is 0. The van der Waals surface area contributed by atoms with Crippen molar-refractivity contribution < 1.29 is 13.9 Å². The number of methoxy groups -OCH3 is 1. The van der Waals surface area contributed by atoms with E-state index in [1.54, 1.807) is 7.11 Å². The van der Waals surface area contributed by atoms with Crippen molar-refractivity contribution in [2.24, 2.45) is 5.41 Å². The van der Waals surface area contributed by atoms with Gasteiger partial charge in [0, 0.05) is 12.0 Å². The number of ketones is 1. The Morgan fingerprint density at radius 3 is 2.56 bits per heavy atom. The second-order valence-electron chi connectivity index (χ2n) is 9.60. The van der Waals surface area contributed by atoms with Crippen LogP contribution in [0.4, 0.5) is 0 Å². The smallest absolute Gasteiger partial charge is 0.198 e. The first kappa shape index (κ1) is 20.0. The van der Waals surface area contributed by atoms with Crippen molar-refractivity contribution in [2.45, 2.75) is 85.0 Å². The lowest BCUT2D eigenvalue weighted by Gasteiger charge is -2.28. The molecule has 3 heteroatoms. The van der Waals surface area contributed by atoms with E-state index in [2.05, 4.69) is 46.8 Å². The third kappa shape index (κ3) is 3.93. The lowest BCUT2D eigenvalue weighted by Crippen LogP contribution is -2.25. The molecule has 0 bridgehead atoms. The van der Waals surface area contributed by atoms with E-state index in [0.717, 1.165) is 35.1 Å². The van der Waals surface area contributed by atoms with Crippen LogP contribution in [-0.4, -0.2) is 12.9 Å². The minimum absolute atomic E-state index is 0.0386. The van der Waals surface area contributed by atoms with Crippen LogP contribution >= 0.6 is 0 Å². The predicted molar refractivity (Wildman–Crippen MR) is 111 cm³/mol. The van der Waals surface area contributed by atoms with Crippen molar-refractivity contribution in [1.29, 1.82) is 0 Å². The number of carbonyl (C=O) groups excluding carboxylic acids is 1. The van der Waals surface area contributed by atoms with Crippen molar-refractivity contribution in [3.8, 4) is 5.75 Å². The van der Waals surface area contributed by atoms with Gasteiger partial charge in [-0.2, -0.15) is 0 Å². The maximum Gasteiger partial charge on any atom is 0.198 e. The van der Waals surface area contributed by atoms with Gasteiger partial charge in [0.05, 0.1) is 12.5 Å². The van der Waals surface area contributed by atoms with E-state index in [1.165, 1.54) is 31.2 Å². The molecule has 1 aromatic carbocycles. The Balaban J connectivity index is 2.03. The molecule has 1 aromatic heterocycles. The van der Waals surface area contributed by atoms with Crippen LogP contribution in [0.5, 0.6) is 5.75 Å². The quantitative estimate of drug-likeness (QED) is 0.501. The minimum atomic E-state index is -0.0386. The highest BCUT2D eigenvalue weighted by atomic mass is 16.5. The SMILES string of the molecule is CCCCCCC(C)(C)c1cc(OC)c2c3c(oc2c1)C(=O)CC(C)(C)C3. The maximum absolute atomic E-state index is 12.6. The number of furan rings is 1. The summed E-state index contributed by atoms with van der Waals surface area (Å²) < 4.78 is 11.9. The van der Waals surface area contributed by atoms with Gasteiger partial charge in [-0.15, -0.1) is 0 Å². The van der Waals surface area contributed by atoms with Crippen LogP contribution in [0.3, 0.4) is 0 Å². The van der Waals surface area contributed by atoms with Gasteiger partial charge in [-0.05, 0) is 41.4 Å². The fourth-order valence-corrected chi connectivity index (χ4v) is 4.39. The zero-order chi connectivity index (χ0) is 19.8. The molecule has 2 aromatic rings. The number of carbonyl (C=O) groups is 1. The molecule has 0 N–H and O–H groups in total. The first-order valence-electron chi connectivity index (χ1n) is 10.4. The number of fused-ring (bicyclic) bond motifs is 3. The monoisotopic (exact) mass is 370 g/mol. The number of ether oxygens (including phenoxy) is 1. The number of benzene rings is 1. The molecule has 1 aliphatic rings. The highest BCUT2D eigenvalue weighted by Gasteiger charge is 2.36. The van der Waals surface area contributed by atoms with Crippen molar-refractivity contribution >= 4 is 16.8 Å². The van der Waals surface area contributed by atoms with Crippen molar-refractivity contribution in [3.05, 3.63) is 29.0 Å². The van der Waals surface area contributed by atoms with Gasteiger partial charge in [-0.25, -0.2) is 0 Å². The molecule has 0 radical (unpaired) electrons. The van der Waals surface area contributed by atoms with Crippen LogP contribution in [-0.2, 0) is 11.8 Å². The highest BCUT2D eigenvalue weighted by molar-refractivity contribution is 6.03. The summed E-state index contributed by atoms with van der Waals surface area (Å²) in [7, 11) is 1.71. The highest BCUT2D eigenvalue weighted by Crippen LogP contribution is 2.45. The molecule has 0 spiro atoms. The number of hydrogen-bond donors (Lipinski definition) is 0. The minimum Gasteiger partial charge on any atom is -0.496 e. The Hall–Kier alpha value is -1.77. The van der Waals surface area contributed by atoms with E-state index >= 15 is 0 Å². The normalized spacial score (nSPS) is 16.6. The number of hydrogen-bond acceptors (Lipinski definition) is 3. The molecule has 1 aliphatic carbocycles. The summed E-state index contributed by atoms with van der Waals surface area (Å²) in [5, 5.41) is 0.985. The summed E-state index contributed by atoms with van der Waals surface area (Å²) in [4.78, 5) is 12.6. The Morgan fingerprint density at radius 2 is 1.89 bits per heavy atom. The van der Waals surface area contributed by atoms with Crippen LogP contribution in [0.25, 0.3) is 11.0 Å². The van der Waals surface area contributed by atoms with Crippen LogP contribution in [0.15, 0.2) is 16.5 Å². The molecular weight excluding hydrogens is 336 g/mol. The molecule has 3 rings (SSSR count). The van der Waals surface area contributed by atoms with Gasteiger partial charge in [0.2, 0.25) is 0 Å². The number of unbranched alkanes of at least 4 members (excludes halogenated alkanes) is 3. The second kappa shape index (κ2) is 7.33. The fourth-order valence-electron chi connectivity index (χ4n) is 4.39. The van der Waals surface area contributed by atoms with E-state index in [0.29, 0.717) is 12.2 Å². The first-order chi connectivity index (χ1) is 12.7. The molecule has 0 amide bonds. The summed E-state index contributed by atoms with van der Waals surface area (Å²) in [5.74, 6) is 1.49.